The van der Waals surface area contributed by atoms with E-state index in [4.69, 9.17) is 11.1 Å². The fraction of sp³-hybridized carbons (Fsp3) is 0.290. The number of nitrogens with two attached hydrogens (primary N) is 1. The number of carbonyl (C=O) groups excluding carboxylic acids is 1. The lowest BCUT2D eigenvalue weighted by atomic mass is 9.89. The number of carbonyl (C=O) groups is 2. The molecule has 1 fully saturated rings. The van der Waals surface area contributed by atoms with Crippen LogP contribution >= 0.6 is 0 Å². The maximum Gasteiger partial charge on any atom is 0.449 e. The first-order chi connectivity index (χ1) is 19.7. The van der Waals surface area contributed by atoms with Crippen LogP contribution in [0, 0.1) is 12.3 Å². The van der Waals surface area contributed by atoms with Crippen LogP contribution in [0.5, 0.6) is 0 Å². The Morgan fingerprint density at radius 3 is 2.54 bits per heavy atom. The number of rotatable bonds is 8. The van der Waals surface area contributed by atoms with Gasteiger partial charge in [-0.3, -0.25) is 10.2 Å². The van der Waals surface area contributed by atoms with Crippen molar-refractivity contribution in [3.63, 3.8) is 0 Å². The second kappa shape index (κ2) is 11.4. The Morgan fingerprint density at radius 2 is 1.85 bits per heavy atom. The number of amides is 2. The first-order valence-corrected chi connectivity index (χ1v) is 13.8. The first-order valence-electron chi connectivity index (χ1n) is 13.8. The van der Waals surface area contributed by atoms with Crippen LogP contribution in [0.15, 0.2) is 72.8 Å². The molecular weight excluding hydrogens is 518 g/mol. The van der Waals surface area contributed by atoms with Gasteiger partial charge in [-0.25, -0.2) is 9.78 Å². The van der Waals surface area contributed by atoms with Crippen molar-refractivity contribution < 1.29 is 14.7 Å². The van der Waals surface area contributed by atoms with Gasteiger partial charge in [-0.15, -0.1) is 0 Å². The van der Waals surface area contributed by atoms with E-state index in [1.165, 1.54) is 0 Å². The number of aryl methyl sites for hydroxylation is 2. The third-order valence-electron chi connectivity index (χ3n) is 8.24. The molecule has 3 unspecified atom stereocenters. The summed E-state index contributed by atoms with van der Waals surface area (Å²) in [5.74, 6) is 0.762. The van der Waals surface area contributed by atoms with Crippen molar-refractivity contribution >= 4 is 34.6 Å². The van der Waals surface area contributed by atoms with Crippen molar-refractivity contribution in [2.24, 2.45) is 5.73 Å². The fourth-order valence-electron chi connectivity index (χ4n) is 6.07. The van der Waals surface area contributed by atoms with Crippen molar-refractivity contribution in [2.45, 2.75) is 44.7 Å². The van der Waals surface area contributed by atoms with Crippen LogP contribution in [0.1, 0.15) is 46.6 Å². The molecule has 0 spiro atoms. The van der Waals surface area contributed by atoms with Gasteiger partial charge in [0.15, 0.2) is 5.69 Å². The maximum absolute atomic E-state index is 13.3. The Balaban J connectivity index is 1.49. The van der Waals surface area contributed by atoms with Crippen molar-refractivity contribution in [1.82, 2.24) is 24.9 Å². The van der Waals surface area contributed by atoms with E-state index in [0.717, 1.165) is 28.1 Å². The molecule has 212 valence electrons. The van der Waals surface area contributed by atoms with Gasteiger partial charge in [0.25, 0.3) is 5.91 Å². The summed E-state index contributed by atoms with van der Waals surface area (Å²) >= 11 is 0. The molecule has 0 bridgehead atoms. The minimum Gasteiger partial charge on any atom is -0.462 e. The molecule has 1 aliphatic rings. The molecule has 2 heterocycles. The molecular formula is C31H36N7O3+. The summed E-state index contributed by atoms with van der Waals surface area (Å²) in [4.78, 5) is 35.2. The number of quaternary nitrogens is 1. The fourth-order valence-corrected chi connectivity index (χ4v) is 6.07. The molecule has 0 radical (unpaired) electrons. The molecule has 2 amide bonds. The van der Waals surface area contributed by atoms with Gasteiger partial charge in [-0.1, -0.05) is 42.5 Å². The van der Waals surface area contributed by atoms with E-state index < -0.39 is 6.09 Å². The Labute approximate surface area is 238 Å². The number of aromatic nitrogens is 2. The molecule has 1 aromatic heterocycles. The Hall–Kier alpha value is -4.70. The first kappa shape index (κ1) is 27.9. The highest BCUT2D eigenvalue weighted by atomic mass is 16.4. The van der Waals surface area contributed by atoms with Gasteiger partial charge in [0.1, 0.15) is 24.2 Å². The smallest absolute Gasteiger partial charge is 0.449 e. The second-order valence-corrected chi connectivity index (χ2v) is 10.8. The monoisotopic (exact) mass is 554 g/mol. The number of nitrogen functional groups attached to an aromatic ring is 1. The standard InChI is InChI=1S/C31H35N7O3/c1-20-34-27-15-14-26(19-28(27)35-20)38(36-31(40)41)17-16-24(37(2)30(39)23-6-4-3-5-7-23)18-25(38)13-10-21-8-11-22(12-9-21)29(32)33/h3-9,11-12,14-15,19,24-25,36H,10,13,16-18H2,1-2H3,(H4-,32,33,34,35,40,41)/p+1. The highest BCUT2D eigenvalue weighted by Crippen LogP contribution is 2.37. The Kier molecular flexibility index (Phi) is 7.76. The van der Waals surface area contributed by atoms with Crippen LogP contribution in [0.4, 0.5) is 10.5 Å². The SMILES string of the molecule is Cc1nc2ccc([N+]3(NC(=O)O)CCC(N(C)C(=O)c4ccccc4)CC3CCc3ccc(C(=N)N)cc3)cc2[nH]1. The normalized spacial score (nSPS) is 20.4. The van der Waals surface area contributed by atoms with E-state index in [0.29, 0.717) is 43.4 Å². The molecule has 10 heteroatoms. The van der Waals surface area contributed by atoms with E-state index in [1.807, 2.05) is 86.8 Å². The van der Waals surface area contributed by atoms with Crippen LogP contribution in [0.2, 0.25) is 0 Å². The summed E-state index contributed by atoms with van der Waals surface area (Å²) in [5, 5.41) is 17.7. The zero-order chi connectivity index (χ0) is 29.1. The lowest BCUT2D eigenvalue weighted by molar-refractivity contribution is 0.0345. The Morgan fingerprint density at radius 1 is 1.12 bits per heavy atom. The molecule has 10 nitrogen and oxygen atoms in total. The van der Waals surface area contributed by atoms with E-state index in [1.54, 1.807) is 4.90 Å². The number of hydrogen-bond acceptors (Lipinski definition) is 4. The van der Waals surface area contributed by atoms with Crippen molar-refractivity contribution in [2.75, 3.05) is 13.6 Å². The minimum absolute atomic E-state index is 0.0172. The zero-order valence-electron chi connectivity index (χ0n) is 23.3. The molecule has 1 saturated heterocycles. The lowest BCUT2D eigenvalue weighted by Crippen LogP contribution is -2.71. The highest BCUT2D eigenvalue weighted by molar-refractivity contribution is 5.95. The number of fused-ring (bicyclic) bond motifs is 1. The number of piperidine rings is 1. The van der Waals surface area contributed by atoms with Crippen LogP contribution in [0.25, 0.3) is 11.0 Å². The van der Waals surface area contributed by atoms with Crippen LogP contribution < -0.4 is 15.8 Å². The van der Waals surface area contributed by atoms with E-state index in [9.17, 15) is 14.7 Å². The number of hydrogen-bond donors (Lipinski definition) is 5. The van der Waals surface area contributed by atoms with E-state index >= 15 is 0 Å². The molecule has 6 N–H and O–H groups in total. The average Bonchev–Trinajstić information content (AvgIpc) is 3.35. The van der Waals surface area contributed by atoms with Crippen molar-refractivity contribution in [3.8, 4) is 0 Å². The number of aromatic amines is 1. The van der Waals surface area contributed by atoms with Crippen molar-refractivity contribution in [1.29, 1.82) is 5.41 Å². The highest BCUT2D eigenvalue weighted by Gasteiger charge is 2.48. The van der Waals surface area contributed by atoms with Gasteiger partial charge in [-0.2, -0.15) is 10.0 Å². The third kappa shape index (κ3) is 5.78. The topological polar surface area (TPSA) is 148 Å². The third-order valence-corrected chi connectivity index (χ3v) is 8.24. The maximum atomic E-state index is 13.3. The summed E-state index contributed by atoms with van der Waals surface area (Å²) in [5.41, 5.74) is 13.4. The van der Waals surface area contributed by atoms with Crippen LogP contribution in [-0.2, 0) is 6.42 Å². The summed E-state index contributed by atoms with van der Waals surface area (Å²) in [7, 11) is 1.83. The number of carboxylic acid groups (broad SMARTS) is 1. The number of H-pyrrole nitrogens is 1. The van der Waals surface area contributed by atoms with Gasteiger partial charge in [0, 0.05) is 55.6 Å². The molecule has 0 saturated carbocycles. The second-order valence-electron chi connectivity index (χ2n) is 10.8. The van der Waals surface area contributed by atoms with E-state index in [2.05, 4.69) is 15.4 Å². The zero-order valence-corrected chi connectivity index (χ0v) is 23.3. The number of amidine groups is 1. The summed E-state index contributed by atoms with van der Waals surface area (Å²) in [6.07, 6.45) is 1.50. The van der Waals surface area contributed by atoms with E-state index in [-0.39, 0.29) is 28.4 Å². The molecule has 0 aliphatic carbocycles. The minimum atomic E-state index is -1.10. The summed E-state index contributed by atoms with van der Waals surface area (Å²) < 4.78 is 0.0543. The Bertz CT molecular complexity index is 1570. The molecule has 41 heavy (non-hydrogen) atoms. The molecule has 5 rings (SSSR count). The molecule has 3 atom stereocenters. The molecule has 3 aromatic carbocycles. The lowest BCUT2D eigenvalue weighted by Gasteiger charge is -2.48. The number of imidazole rings is 1. The van der Waals surface area contributed by atoms with Crippen LogP contribution in [-0.4, -0.2) is 63.5 Å². The number of nitrogens with zero attached hydrogens (tertiary/aromatic N) is 3. The largest absolute Gasteiger partial charge is 0.462 e. The van der Waals surface area contributed by atoms with Gasteiger partial charge in [0.2, 0.25) is 0 Å². The van der Waals surface area contributed by atoms with Crippen LogP contribution in [0.3, 0.4) is 0 Å². The number of nitrogens with one attached hydrogen (secondary N) is 3. The van der Waals surface area contributed by atoms with Gasteiger partial charge in [0.05, 0.1) is 11.0 Å². The van der Waals surface area contributed by atoms with Gasteiger partial charge < -0.3 is 20.7 Å². The molecule has 4 aromatic rings. The summed E-state index contributed by atoms with van der Waals surface area (Å²) in [6.45, 7) is 2.38. The number of benzene rings is 3. The average molecular weight is 555 g/mol. The van der Waals surface area contributed by atoms with Crippen molar-refractivity contribution in [3.05, 3.63) is 95.3 Å². The predicted molar refractivity (Wildman–Crippen MR) is 160 cm³/mol. The quantitative estimate of drug-likeness (QED) is 0.123. The van der Waals surface area contributed by atoms with Gasteiger partial charge >= 0.3 is 6.09 Å². The molecule has 1 aliphatic heterocycles. The summed E-state index contributed by atoms with van der Waals surface area (Å²) in [6, 6.07) is 22.5. The van der Waals surface area contributed by atoms with Gasteiger partial charge in [-0.05, 0) is 37.1 Å². The predicted octanol–water partition coefficient (Wildman–Crippen LogP) is 4.58.